The third-order valence-corrected chi connectivity index (χ3v) is 2.55. The molecule has 1 unspecified atom stereocenters. The van der Waals surface area contributed by atoms with Gasteiger partial charge >= 0.3 is 5.97 Å². The van der Waals surface area contributed by atoms with E-state index in [9.17, 15) is 9.59 Å². The van der Waals surface area contributed by atoms with Crippen LogP contribution in [0.3, 0.4) is 0 Å². The van der Waals surface area contributed by atoms with Crippen LogP contribution in [0.25, 0.3) is 0 Å². The van der Waals surface area contributed by atoms with Crippen molar-refractivity contribution in [1.29, 1.82) is 0 Å². The van der Waals surface area contributed by atoms with E-state index in [4.69, 9.17) is 10.5 Å². The van der Waals surface area contributed by atoms with Gasteiger partial charge in [0.05, 0.1) is 0 Å². The summed E-state index contributed by atoms with van der Waals surface area (Å²) in [6.07, 6.45) is 0.460. The van der Waals surface area contributed by atoms with Gasteiger partial charge in [0, 0.05) is 20.0 Å². The summed E-state index contributed by atoms with van der Waals surface area (Å²) in [5.74, 6) is -0.486. The summed E-state index contributed by atoms with van der Waals surface area (Å²) in [4.78, 5) is 24.6. The van der Waals surface area contributed by atoms with Gasteiger partial charge in [0.25, 0.3) is 0 Å². The third-order valence-electron chi connectivity index (χ3n) is 2.55. The Hall–Kier alpha value is -1.10. The maximum atomic E-state index is 11.9. The van der Waals surface area contributed by atoms with E-state index >= 15 is 0 Å². The second kappa shape index (κ2) is 4.05. The van der Waals surface area contributed by atoms with Crippen molar-refractivity contribution in [2.24, 2.45) is 5.73 Å². The summed E-state index contributed by atoms with van der Waals surface area (Å²) < 4.78 is 5.25. The Labute approximate surface area is 95.9 Å². The van der Waals surface area contributed by atoms with Crippen LogP contribution in [-0.4, -0.2) is 41.0 Å². The Morgan fingerprint density at radius 2 is 1.94 bits per heavy atom. The first-order valence-electron chi connectivity index (χ1n) is 5.42. The molecule has 0 aromatic heterocycles. The number of ether oxygens (including phenoxy) is 1. The molecule has 5 heteroatoms. The molecule has 5 nitrogen and oxygen atoms in total. The summed E-state index contributed by atoms with van der Waals surface area (Å²) in [5.41, 5.74) is 4.38. The van der Waals surface area contributed by atoms with Crippen molar-refractivity contribution in [3.05, 3.63) is 0 Å². The number of likely N-dealkylation sites (tertiary alicyclic amines) is 1. The molecule has 0 aliphatic carbocycles. The van der Waals surface area contributed by atoms with Gasteiger partial charge in [0.1, 0.15) is 11.1 Å². The number of amides is 1. The first-order valence-corrected chi connectivity index (χ1v) is 5.42. The Kier molecular flexibility index (Phi) is 3.28. The van der Waals surface area contributed by atoms with Crippen LogP contribution in [0.2, 0.25) is 0 Å². The van der Waals surface area contributed by atoms with Crippen molar-refractivity contribution >= 4 is 11.9 Å². The minimum absolute atomic E-state index is 0.0594. The van der Waals surface area contributed by atoms with Crippen molar-refractivity contribution in [2.75, 3.05) is 13.1 Å². The molecule has 1 amide bonds. The Balaban J connectivity index is 2.67. The van der Waals surface area contributed by atoms with Gasteiger partial charge < -0.3 is 15.4 Å². The summed E-state index contributed by atoms with van der Waals surface area (Å²) in [5, 5.41) is 0. The number of rotatable bonds is 1. The second-order valence-corrected chi connectivity index (χ2v) is 5.35. The van der Waals surface area contributed by atoms with E-state index in [2.05, 4.69) is 0 Å². The van der Waals surface area contributed by atoms with E-state index < -0.39 is 17.1 Å². The van der Waals surface area contributed by atoms with Gasteiger partial charge in [0.15, 0.2) is 0 Å². The normalized spacial score (nSPS) is 25.7. The van der Waals surface area contributed by atoms with Crippen molar-refractivity contribution in [2.45, 2.75) is 45.3 Å². The third kappa shape index (κ3) is 2.95. The topological polar surface area (TPSA) is 72.6 Å². The molecule has 2 N–H and O–H groups in total. The molecule has 1 fully saturated rings. The fraction of sp³-hybridized carbons (Fsp3) is 0.818. The molecule has 16 heavy (non-hydrogen) atoms. The number of nitrogens with zero attached hydrogens (tertiary/aromatic N) is 1. The monoisotopic (exact) mass is 228 g/mol. The zero-order chi connectivity index (χ0) is 12.6. The van der Waals surface area contributed by atoms with Crippen LogP contribution in [0.15, 0.2) is 0 Å². The Morgan fingerprint density at radius 3 is 2.31 bits per heavy atom. The summed E-state index contributed by atoms with van der Waals surface area (Å²) >= 11 is 0. The van der Waals surface area contributed by atoms with Gasteiger partial charge in [-0.15, -0.1) is 0 Å². The molecule has 1 rings (SSSR count). The highest BCUT2D eigenvalue weighted by Gasteiger charge is 2.44. The number of hydrogen-bond acceptors (Lipinski definition) is 4. The predicted octanol–water partition coefficient (Wildman–Crippen LogP) is 0.278. The van der Waals surface area contributed by atoms with E-state index in [1.54, 1.807) is 25.7 Å². The molecule has 0 spiro atoms. The lowest BCUT2D eigenvalue weighted by Crippen LogP contribution is -2.53. The number of nitrogens with two attached hydrogens (primary N) is 1. The molecular formula is C11H20N2O3. The van der Waals surface area contributed by atoms with Crippen LogP contribution in [-0.2, 0) is 14.3 Å². The minimum Gasteiger partial charge on any atom is -0.459 e. The van der Waals surface area contributed by atoms with Gasteiger partial charge in [0.2, 0.25) is 5.91 Å². The summed E-state index contributed by atoms with van der Waals surface area (Å²) in [7, 11) is 0. The quantitative estimate of drug-likeness (QED) is 0.654. The number of carbonyl (C=O) groups excluding carboxylic acids is 2. The van der Waals surface area contributed by atoms with E-state index in [1.807, 2.05) is 0 Å². The van der Waals surface area contributed by atoms with E-state index in [0.717, 1.165) is 0 Å². The highest BCUT2D eigenvalue weighted by Crippen LogP contribution is 2.22. The number of esters is 1. The lowest BCUT2D eigenvalue weighted by molar-refractivity contribution is -0.161. The molecule has 0 saturated carbocycles. The molecule has 1 atom stereocenters. The van der Waals surface area contributed by atoms with Crippen LogP contribution in [0.4, 0.5) is 0 Å². The zero-order valence-corrected chi connectivity index (χ0v) is 10.4. The highest BCUT2D eigenvalue weighted by atomic mass is 16.6. The van der Waals surface area contributed by atoms with Gasteiger partial charge in [-0.2, -0.15) is 0 Å². The van der Waals surface area contributed by atoms with Crippen LogP contribution in [0, 0.1) is 0 Å². The molecule has 1 aliphatic rings. The van der Waals surface area contributed by atoms with Crippen LogP contribution >= 0.6 is 0 Å². The van der Waals surface area contributed by atoms with Crippen molar-refractivity contribution in [1.82, 2.24) is 4.90 Å². The van der Waals surface area contributed by atoms with Gasteiger partial charge in [-0.1, -0.05) is 0 Å². The SMILES string of the molecule is CC(=O)N1CCC(N)(C(=O)OC(C)(C)C)C1. The molecule has 0 aromatic carbocycles. The largest absolute Gasteiger partial charge is 0.459 e. The lowest BCUT2D eigenvalue weighted by Gasteiger charge is -2.27. The van der Waals surface area contributed by atoms with E-state index in [1.165, 1.54) is 6.92 Å². The number of hydrogen-bond donors (Lipinski definition) is 1. The van der Waals surface area contributed by atoms with Gasteiger partial charge in [-0.05, 0) is 27.2 Å². The van der Waals surface area contributed by atoms with E-state index in [-0.39, 0.29) is 12.5 Å². The average molecular weight is 228 g/mol. The van der Waals surface area contributed by atoms with Gasteiger partial charge in [-0.3, -0.25) is 4.79 Å². The minimum atomic E-state index is -1.04. The summed E-state index contributed by atoms with van der Waals surface area (Å²) in [6, 6.07) is 0. The van der Waals surface area contributed by atoms with Crippen molar-refractivity contribution in [3.63, 3.8) is 0 Å². The molecule has 1 heterocycles. The molecule has 0 aromatic rings. The Bertz CT molecular complexity index is 309. The smallest absolute Gasteiger partial charge is 0.328 e. The maximum absolute atomic E-state index is 11.9. The van der Waals surface area contributed by atoms with Crippen LogP contribution < -0.4 is 5.73 Å². The predicted molar refractivity (Wildman–Crippen MR) is 59.6 cm³/mol. The highest BCUT2D eigenvalue weighted by molar-refractivity contribution is 5.84. The molecule has 0 radical (unpaired) electrons. The molecule has 92 valence electrons. The molecule has 1 saturated heterocycles. The fourth-order valence-corrected chi connectivity index (χ4v) is 1.65. The standard InChI is InChI=1S/C11H20N2O3/c1-8(14)13-6-5-11(12,7-13)9(15)16-10(2,3)4/h5-7,12H2,1-4H3. The van der Waals surface area contributed by atoms with Crippen LogP contribution in [0.1, 0.15) is 34.1 Å². The van der Waals surface area contributed by atoms with Gasteiger partial charge in [-0.25, -0.2) is 4.79 Å². The van der Waals surface area contributed by atoms with E-state index in [0.29, 0.717) is 13.0 Å². The Morgan fingerprint density at radius 1 is 1.38 bits per heavy atom. The average Bonchev–Trinajstić information content (AvgIpc) is 2.46. The molecule has 1 aliphatic heterocycles. The van der Waals surface area contributed by atoms with Crippen molar-refractivity contribution in [3.8, 4) is 0 Å². The lowest BCUT2D eigenvalue weighted by atomic mass is 10.00. The van der Waals surface area contributed by atoms with Crippen molar-refractivity contribution < 1.29 is 14.3 Å². The molecular weight excluding hydrogens is 208 g/mol. The molecule has 0 bridgehead atoms. The second-order valence-electron chi connectivity index (χ2n) is 5.35. The maximum Gasteiger partial charge on any atom is 0.328 e. The summed E-state index contributed by atoms with van der Waals surface area (Å²) in [6.45, 7) is 7.63. The first-order chi connectivity index (χ1) is 7.14. The zero-order valence-electron chi connectivity index (χ0n) is 10.4. The first kappa shape index (κ1) is 13.0. The number of carbonyl (C=O) groups is 2. The fourth-order valence-electron chi connectivity index (χ4n) is 1.65. The van der Waals surface area contributed by atoms with Crippen LogP contribution in [0.5, 0.6) is 0 Å².